The summed E-state index contributed by atoms with van der Waals surface area (Å²) in [5.41, 5.74) is 0.732. The van der Waals surface area contributed by atoms with Gasteiger partial charge in [0.25, 0.3) is 5.91 Å². The number of hydrogen-bond acceptors (Lipinski definition) is 4. The average molecular weight is 393 g/mol. The Hall–Kier alpha value is -1.92. The molecule has 1 aliphatic heterocycles. The highest BCUT2D eigenvalue weighted by atomic mass is 35.5. The first-order valence-corrected chi connectivity index (χ1v) is 10.1. The van der Waals surface area contributed by atoms with E-state index in [1.165, 1.54) is 0 Å². The van der Waals surface area contributed by atoms with Crippen LogP contribution in [0, 0.1) is 0 Å². The third-order valence-electron chi connectivity index (χ3n) is 4.40. The monoisotopic (exact) mass is 392 g/mol. The van der Waals surface area contributed by atoms with E-state index in [1.807, 2.05) is 32.0 Å². The van der Waals surface area contributed by atoms with Crippen LogP contribution in [-0.2, 0) is 4.79 Å². The van der Waals surface area contributed by atoms with Crippen molar-refractivity contribution in [2.75, 3.05) is 11.6 Å². The molecule has 0 bridgehead atoms. The highest BCUT2D eigenvalue weighted by molar-refractivity contribution is 7.99. The molecule has 1 aliphatic rings. The molecule has 2 atom stereocenters. The van der Waals surface area contributed by atoms with E-state index >= 15 is 0 Å². The Morgan fingerprint density at radius 2 is 2.12 bits per heavy atom. The average Bonchev–Trinajstić information content (AvgIpc) is 3.31. The zero-order valence-electron chi connectivity index (χ0n) is 14.7. The normalized spacial score (nSPS) is 18.0. The number of rotatable bonds is 5. The lowest BCUT2D eigenvalue weighted by atomic mass is 10.2. The maximum atomic E-state index is 12.9. The molecule has 0 unspecified atom stereocenters. The summed E-state index contributed by atoms with van der Waals surface area (Å²) in [7, 11) is 0. The van der Waals surface area contributed by atoms with Crippen LogP contribution in [0.4, 0.5) is 0 Å². The Kier molecular flexibility index (Phi) is 5.94. The van der Waals surface area contributed by atoms with E-state index in [0.717, 1.165) is 12.0 Å². The first-order chi connectivity index (χ1) is 12.5. The molecule has 0 saturated carbocycles. The first kappa shape index (κ1) is 18.9. The van der Waals surface area contributed by atoms with Gasteiger partial charge >= 0.3 is 0 Å². The molecule has 26 heavy (non-hydrogen) atoms. The minimum Gasteiger partial charge on any atom is -0.451 e. The van der Waals surface area contributed by atoms with Crippen LogP contribution in [0.1, 0.15) is 30.8 Å². The molecule has 138 valence electrons. The van der Waals surface area contributed by atoms with E-state index in [1.54, 1.807) is 34.9 Å². The van der Waals surface area contributed by atoms with Crippen molar-refractivity contribution in [1.29, 1.82) is 0 Å². The molecule has 1 fully saturated rings. The molecule has 1 aromatic heterocycles. The Morgan fingerprint density at radius 1 is 1.35 bits per heavy atom. The van der Waals surface area contributed by atoms with E-state index in [0.29, 0.717) is 22.4 Å². The molecule has 2 aromatic rings. The first-order valence-electron chi connectivity index (χ1n) is 8.55. The lowest BCUT2D eigenvalue weighted by Gasteiger charge is -2.23. The standard InChI is InChI=1S/C19H21ClN2O3S/c1-3-12(2)21-18(23)15-10-26-11-22(15)19(24)17-9-8-16(25-17)13-6-4-5-7-14(13)20/h4-9,12,15H,3,10-11H2,1-2H3,(H,21,23)/t12-,15+/m0/s1. The molecular formula is C19H21ClN2O3S. The second-order valence-corrected chi connectivity index (χ2v) is 7.66. The quantitative estimate of drug-likeness (QED) is 0.834. The van der Waals surface area contributed by atoms with E-state index in [4.69, 9.17) is 16.0 Å². The van der Waals surface area contributed by atoms with Gasteiger partial charge in [0.2, 0.25) is 5.91 Å². The molecule has 1 N–H and O–H groups in total. The fourth-order valence-electron chi connectivity index (χ4n) is 2.70. The zero-order valence-corrected chi connectivity index (χ0v) is 16.3. The summed E-state index contributed by atoms with van der Waals surface area (Å²) in [5, 5.41) is 3.51. The molecule has 1 saturated heterocycles. The predicted octanol–water partition coefficient (Wildman–Crippen LogP) is 4.03. The second-order valence-electron chi connectivity index (χ2n) is 6.25. The van der Waals surface area contributed by atoms with Gasteiger partial charge < -0.3 is 14.6 Å². The van der Waals surface area contributed by atoms with Crippen molar-refractivity contribution in [2.45, 2.75) is 32.4 Å². The van der Waals surface area contributed by atoms with Gasteiger partial charge in [0.15, 0.2) is 5.76 Å². The van der Waals surface area contributed by atoms with Crippen LogP contribution in [0.15, 0.2) is 40.8 Å². The summed E-state index contributed by atoms with van der Waals surface area (Å²) in [6.07, 6.45) is 0.846. The van der Waals surface area contributed by atoms with Gasteiger partial charge in [-0.25, -0.2) is 0 Å². The zero-order chi connectivity index (χ0) is 18.7. The van der Waals surface area contributed by atoms with E-state index in [2.05, 4.69) is 5.32 Å². The summed E-state index contributed by atoms with van der Waals surface area (Å²) in [6.45, 7) is 3.96. The van der Waals surface area contributed by atoms with Crippen LogP contribution in [-0.4, -0.2) is 40.4 Å². The summed E-state index contributed by atoms with van der Waals surface area (Å²) < 4.78 is 5.74. The topological polar surface area (TPSA) is 62.6 Å². The Morgan fingerprint density at radius 3 is 2.85 bits per heavy atom. The van der Waals surface area contributed by atoms with Crippen molar-refractivity contribution in [3.8, 4) is 11.3 Å². The van der Waals surface area contributed by atoms with Gasteiger partial charge in [0, 0.05) is 17.4 Å². The minimum atomic E-state index is -0.477. The number of carbonyl (C=O) groups excluding carboxylic acids is 2. The number of nitrogens with zero attached hydrogens (tertiary/aromatic N) is 1. The van der Waals surface area contributed by atoms with E-state index < -0.39 is 6.04 Å². The van der Waals surface area contributed by atoms with Gasteiger partial charge in [-0.1, -0.05) is 30.7 Å². The third kappa shape index (κ3) is 3.91. The molecule has 0 spiro atoms. The Labute approximate surface area is 162 Å². The highest BCUT2D eigenvalue weighted by Crippen LogP contribution is 2.30. The van der Waals surface area contributed by atoms with Crippen molar-refractivity contribution in [3.05, 3.63) is 47.2 Å². The van der Waals surface area contributed by atoms with Crippen LogP contribution in [0.5, 0.6) is 0 Å². The molecule has 7 heteroatoms. The van der Waals surface area contributed by atoms with Gasteiger partial charge in [-0.15, -0.1) is 11.8 Å². The predicted molar refractivity (Wildman–Crippen MR) is 104 cm³/mol. The largest absolute Gasteiger partial charge is 0.451 e. The maximum absolute atomic E-state index is 12.9. The third-order valence-corrected chi connectivity index (χ3v) is 5.74. The fraction of sp³-hybridized carbons (Fsp3) is 0.368. The minimum absolute atomic E-state index is 0.0838. The SMILES string of the molecule is CC[C@H](C)NC(=O)[C@H]1CSCN1C(=O)c1ccc(-c2ccccc2Cl)o1. The number of amides is 2. The smallest absolute Gasteiger partial charge is 0.290 e. The molecule has 2 amide bonds. The van der Waals surface area contributed by atoms with E-state index in [-0.39, 0.29) is 23.6 Å². The van der Waals surface area contributed by atoms with Crippen molar-refractivity contribution in [3.63, 3.8) is 0 Å². The van der Waals surface area contributed by atoms with Gasteiger partial charge in [-0.2, -0.15) is 0 Å². The summed E-state index contributed by atoms with van der Waals surface area (Å²) in [4.78, 5) is 26.9. The fourth-order valence-corrected chi connectivity index (χ4v) is 4.08. The number of carbonyl (C=O) groups is 2. The lowest BCUT2D eigenvalue weighted by Crippen LogP contribution is -2.49. The molecular weight excluding hydrogens is 372 g/mol. The van der Waals surface area contributed by atoms with Gasteiger partial charge in [-0.3, -0.25) is 9.59 Å². The van der Waals surface area contributed by atoms with E-state index in [9.17, 15) is 9.59 Å². The maximum Gasteiger partial charge on any atom is 0.290 e. The van der Waals surface area contributed by atoms with Gasteiger partial charge in [0.1, 0.15) is 11.8 Å². The van der Waals surface area contributed by atoms with Crippen LogP contribution in [0.2, 0.25) is 5.02 Å². The van der Waals surface area contributed by atoms with Crippen molar-refractivity contribution in [1.82, 2.24) is 10.2 Å². The number of hydrogen-bond donors (Lipinski definition) is 1. The van der Waals surface area contributed by atoms with Gasteiger partial charge in [-0.05, 0) is 37.6 Å². The molecule has 5 nitrogen and oxygen atoms in total. The highest BCUT2D eigenvalue weighted by Gasteiger charge is 2.36. The molecule has 2 heterocycles. The number of benzene rings is 1. The summed E-state index contributed by atoms with van der Waals surface area (Å²) in [6, 6.07) is 10.3. The van der Waals surface area contributed by atoms with Crippen LogP contribution in [0.25, 0.3) is 11.3 Å². The molecule has 0 aliphatic carbocycles. The van der Waals surface area contributed by atoms with Crippen molar-refractivity contribution in [2.24, 2.45) is 0 Å². The Balaban J connectivity index is 1.77. The molecule has 0 radical (unpaired) electrons. The van der Waals surface area contributed by atoms with Crippen LogP contribution >= 0.6 is 23.4 Å². The number of nitrogens with one attached hydrogen (secondary N) is 1. The summed E-state index contributed by atoms with van der Waals surface area (Å²) in [5.74, 6) is 1.41. The van der Waals surface area contributed by atoms with Crippen molar-refractivity contribution >= 4 is 35.2 Å². The number of halogens is 1. The lowest BCUT2D eigenvalue weighted by molar-refractivity contribution is -0.125. The number of furan rings is 1. The second kappa shape index (κ2) is 8.18. The Bertz CT molecular complexity index is 808. The molecule has 3 rings (SSSR count). The summed E-state index contributed by atoms with van der Waals surface area (Å²) >= 11 is 7.75. The number of thioether (sulfide) groups is 1. The van der Waals surface area contributed by atoms with Crippen LogP contribution in [0.3, 0.4) is 0 Å². The molecule has 1 aromatic carbocycles. The van der Waals surface area contributed by atoms with Crippen LogP contribution < -0.4 is 5.32 Å². The van der Waals surface area contributed by atoms with Crippen molar-refractivity contribution < 1.29 is 14.0 Å². The van der Waals surface area contributed by atoms with Gasteiger partial charge in [0.05, 0.1) is 10.9 Å².